The van der Waals surface area contributed by atoms with Gasteiger partial charge in [0.1, 0.15) is 5.57 Å². The molecule has 5 heteroatoms. The van der Waals surface area contributed by atoms with Crippen LogP contribution in [0.5, 0.6) is 0 Å². The van der Waals surface area contributed by atoms with Crippen LogP contribution in [-0.2, 0) is 9.59 Å². The van der Waals surface area contributed by atoms with E-state index in [9.17, 15) is 14.4 Å². The number of hydrogen-bond acceptors (Lipinski definition) is 3. The van der Waals surface area contributed by atoms with Crippen molar-refractivity contribution in [2.45, 2.75) is 13.8 Å². The van der Waals surface area contributed by atoms with Crippen LogP contribution in [0.2, 0.25) is 0 Å². The Kier molecular flexibility index (Phi) is 4.33. The van der Waals surface area contributed by atoms with Crippen LogP contribution in [0, 0.1) is 6.92 Å². The number of urea groups is 1. The summed E-state index contributed by atoms with van der Waals surface area (Å²) in [5.74, 6) is -1.23. The van der Waals surface area contributed by atoms with Crippen molar-refractivity contribution in [2.24, 2.45) is 0 Å². The van der Waals surface area contributed by atoms with E-state index < -0.39 is 17.8 Å². The number of carbonyl (C=O) groups is 3. The summed E-state index contributed by atoms with van der Waals surface area (Å²) in [5.41, 5.74) is 2.08. The molecule has 0 atom stereocenters. The zero-order chi connectivity index (χ0) is 15.4. The van der Waals surface area contributed by atoms with Crippen molar-refractivity contribution in [3.63, 3.8) is 0 Å². The van der Waals surface area contributed by atoms with E-state index in [2.05, 4.69) is 5.32 Å². The second kappa shape index (κ2) is 6.17. The molecule has 1 aromatic rings. The van der Waals surface area contributed by atoms with Gasteiger partial charge < -0.3 is 0 Å². The fourth-order valence-electron chi connectivity index (χ4n) is 1.93. The van der Waals surface area contributed by atoms with Gasteiger partial charge >= 0.3 is 6.03 Å². The fraction of sp³-hybridized carbons (Fsp3) is 0.188. The maximum absolute atomic E-state index is 12.0. The van der Waals surface area contributed by atoms with Crippen LogP contribution >= 0.6 is 0 Å². The van der Waals surface area contributed by atoms with Gasteiger partial charge in [0.15, 0.2) is 0 Å². The van der Waals surface area contributed by atoms with Crippen molar-refractivity contribution < 1.29 is 14.4 Å². The maximum Gasteiger partial charge on any atom is 0.331 e. The third-order valence-electron chi connectivity index (χ3n) is 3.13. The molecule has 4 amide bonds. The number of nitrogens with one attached hydrogen (secondary N) is 1. The van der Waals surface area contributed by atoms with Crippen molar-refractivity contribution in [3.05, 3.63) is 53.1 Å². The first-order chi connectivity index (χ1) is 10.0. The number of amides is 4. The molecule has 1 saturated heterocycles. The number of hydrogen-bond donors (Lipinski definition) is 1. The van der Waals surface area contributed by atoms with Gasteiger partial charge in [-0.15, -0.1) is 0 Å². The van der Waals surface area contributed by atoms with Crippen LogP contribution < -0.4 is 5.32 Å². The molecule has 0 unspecified atom stereocenters. The second-order valence-corrected chi connectivity index (χ2v) is 4.66. The molecule has 1 N–H and O–H groups in total. The van der Waals surface area contributed by atoms with Gasteiger partial charge in [-0.3, -0.25) is 19.8 Å². The third-order valence-corrected chi connectivity index (χ3v) is 3.13. The summed E-state index contributed by atoms with van der Waals surface area (Å²) in [4.78, 5) is 36.1. The van der Waals surface area contributed by atoms with E-state index in [1.165, 1.54) is 6.08 Å². The first-order valence-electron chi connectivity index (χ1n) is 6.65. The highest BCUT2D eigenvalue weighted by molar-refractivity contribution is 6.28. The largest absolute Gasteiger partial charge is 0.331 e. The molecule has 2 rings (SSSR count). The lowest BCUT2D eigenvalue weighted by molar-refractivity contribution is -0.130. The maximum atomic E-state index is 12.0. The summed E-state index contributed by atoms with van der Waals surface area (Å²) < 4.78 is 0. The average molecular weight is 284 g/mol. The number of barbiturate groups is 1. The van der Waals surface area contributed by atoms with E-state index in [1.807, 2.05) is 31.2 Å². The minimum Gasteiger partial charge on any atom is -0.273 e. The minimum absolute atomic E-state index is 0.0418. The van der Waals surface area contributed by atoms with E-state index in [1.54, 1.807) is 19.1 Å². The fourth-order valence-corrected chi connectivity index (χ4v) is 1.93. The molecule has 108 valence electrons. The lowest BCUT2D eigenvalue weighted by atomic mass is 10.1. The summed E-state index contributed by atoms with van der Waals surface area (Å²) in [6, 6.07) is 7.15. The topological polar surface area (TPSA) is 66.5 Å². The Balaban J connectivity index is 2.19. The van der Waals surface area contributed by atoms with Gasteiger partial charge in [0.25, 0.3) is 11.8 Å². The smallest absolute Gasteiger partial charge is 0.273 e. The lowest BCUT2D eigenvalue weighted by Crippen LogP contribution is -2.53. The summed E-state index contributed by atoms with van der Waals surface area (Å²) in [5, 5.41) is 2.14. The van der Waals surface area contributed by atoms with Crippen molar-refractivity contribution in [1.82, 2.24) is 10.2 Å². The Morgan fingerprint density at radius 3 is 2.43 bits per heavy atom. The van der Waals surface area contributed by atoms with Crippen LogP contribution in [0.1, 0.15) is 18.1 Å². The van der Waals surface area contributed by atoms with Gasteiger partial charge in [-0.2, -0.15) is 0 Å². The number of benzene rings is 1. The molecule has 0 saturated carbocycles. The molecule has 0 spiro atoms. The van der Waals surface area contributed by atoms with Gasteiger partial charge in [-0.1, -0.05) is 42.0 Å². The first kappa shape index (κ1) is 14.7. The van der Waals surface area contributed by atoms with E-state index in [0.717, 1.165) is 16.0 Å². The molecule has 0 aromatic heterocycles. The standard InChI is InChI=1S/C16H16N2O3/c1-3-18-15(20)13(14(19)17-16(18)21)6-4-5-12-9-7-11(2)8-10-12/h4-10H,3H2,1-2H3,(H,17,19,21)/b5-4+,13-6+. The second-order valence-electron chi connectivity index (χ2n) is 4.66. The van der Waals surface area contributed by atoms with Crippen molar-refractivity contribution >= 4 is 23.9 Å². The molecule has 1 aromatic carbocycles. The Bertz CT molecular complexity index is 642. The van der Waals surface area contributed by atoms with E-state index in [0.29, 0.717) is 0 Å². The Labute approximate surface area is 122 Å². The monoisotopic (exact) mass is 284 g/mol. The van der Waals surface area contributed by atoms with Crippen LogP contribution in [0.3, 0.4) is 0 Å². The normalized spacial score (nSPS) is 17.7. The molecule has 1 aliphatic heterocycles. The van der Waals surface area contributed by atoms with Gasteiger partial charge in [-0.25, -0.2) is 4.79 Å². The highest BCUT2D eigenvalue weighted by Gasteiger charge is 2.34. The molecule has 0 aliphatic carbocycles. The quantitative estimate of drug-likeness (QED) is 0.682. The molecule has 5 nitrogen and oxygen atoms in total. The van der Waals surface area contributed by atoms with Crippen molar-refractivity contribution in [3.8, 4) is 0 Å². The molecule has 1 fully saturated rings. The Morgan fingerprint density at radius 1 is 1.14 bits per heavy atom. The molecular formula is C16H16N2O3. The first-order valence-corrected chi connectivity index (χ1v) is 6.65. The van der Waals surface area contributed by atoms with Crippen molar-refractivity contribution in [1.29, 1.82) is 0 Å². The average Bonchev–Trinajstić information content (AvgIpc) is 2.44. The predicted molar refractivity (Wildman–Crippen MR) is 79.2 cm³/mol. The highest BCUT2D eigenvalue weighted by atomic mass is 16.2. The Hall–Kier alpha value is -2.69. The van der Waals surface area contributed by atoms with Gasteiger partial charge in [0.2, 0.25) is 0 Å². The summed E-state index contributed by atoms with van der Waals surface area (Å²) in [6.07, 6.45) is 4.84. The zero-order valence-electron chi connectivity index (χ0n) is 11.9. The van der Waals surface area contributed by atoms with E-state index in [4.69, 9.17) is 0 Å². The number of likely N-dealkylation sites (N-methyl/N-ethyl adjacent to an activating group) is 1. The van der Waals surface area contributed by atoms with Crippen LogP contribution in [0.15, 0.2) is 42.0 Å². The molecule has 0 radical (unpaired) electrons. The summed E-state index contributed by atoms with van der Waals surface area (Å²) in [6.45, 7) is 3.89. The molecule has 21 heavy (non-hydrogen) atoms. The molecule has 1 heterocycles. The van der Waals surface area contributed by atoms with Gasteiger partial charge in [0.05, 0.1) is 0 Å². The molecular weight excluding hydrogens is 268 g/mol. The number of aryl methyl sites for hydroxylation is 1. The SMILES string of the molecule is CCN1C(=O)NC(=O)/C(=C\C=C\c2ccc(C)cc2)C1=O. The third kappa shape index (κ3) is 3.25. The minimum atomic E-state index is -0.674. The van der Waals surface area contributed by atoms with Crippen LogP contribution in [0.25, 0.3) is 6.08 Å². The van der Waals surface area contributed by atoms with Gasteiger partial charge in [0, 0.05) is 6.54 Å². The Morgan fingerprint density at radius 2 is 1.81 bits per heavy atom. The summed E-state index contributed by atoms with van der Waals surface area (Å²) >= 11 is 0. The number of nitrogens with zero attached hydrogens (tertiary/aromatic N) is 1. The predicted octanol–water partition coefficient (Wildman–Crippen LogP) is 2.03. The number of rotatable bonds is 3. The number of allylic oxidation sites excluding steroid dienone is 2. The van der Waals surface area contributed by atoms with E-state index >= 15 is 0 Å². The number of imide groups is 2. The lowest BCUT2D eigenvalue weighted by Gasteiger charge is -2.24. The van der Waals surface area contributed by atoms with E-state index in [-0.39, 0.29) is 12.1 Å². The number of carbonyl (C=O) groups excluding carboxylic acids is 3. The van der Waals surface area contributed by atoms with Crippen LogP contribution in [0.4, 0.5) is 4.79 Å². The van der Waals surface area contributed by atoms with Gasteiger partial charge in [-0.05, 0) is 25.5 Å². The van der Waals surface area contributed by atoms with Crippen LogP contribution in [-0.4, -0.2) is 29.3 Å². The summed E-state index contributed by atoms with van der Waals surface area (Å²) in [7, 11) is 0. The molecule has 1 aliphatic rings. The zero-order valence-corrected chi connectivity index (χ0v) is 11.9. The highest BCUT2D eigenvalue weighted by Crippen LogP contribution is 2.11. The van der Waals surface area contributed by atoms with Crippen molar-refractivity contribution in [2.75, 3.05) is 6.54 Å². The molecule has 0 bridgehead atoms.